The average Bonchev–Trinajstić information content (AvgIpc) is 3.29. The molecule has 2 amide bonds. The van der Waals surface area contributed by atoms with Gasteiger partial charge in [0.15, 0.2) is 5.76 Å². The number of nitrogens with one attached hydrogen (secondary N) is 2. The fraction of sp³-hybridized carbons (Fsp3) is 0.235. The maximum absolute atomic E-state index is 14.4. The molecule has 2 N–H and O–H groups in total. The molecule has 1 aromatic heterocycles. The highest BCUT2D eigenvalue weighted by Gasteiger charge is 2.32. The largest absolute Gasteiger partial charge is 0.442 e. The predicted octanol–water partition coefficient (Wildman–Crippen LogP) is 2.84. The fourth-order valence-electron chi connectivity index (χ4n) is 2.60. The van der Waals surface area contributed by atoms with E-state index in [1.807, 2.05) is 0 Å². The first-order valence-corrected chi connectivity index (χ1v) is 8.73. The molecule has 0 radical (unpaired) electrons. The van der Waals surface area contributed by atoms with Crippen molar-refractivity contribution in [2.75, 3.05) is 23.3 Å². The normalized spacial score (nSPS) is 15.7. The van der Waals surface area contributed by atoms with Crippen molar-refractivity contribution in [3.05, 3.63) is 52.0 Å². The van der Waals surface area contributed by atoms with Gasteiger partial charge >= 0.3 is 12.0 Å². The van der Waals surface area contributed by atoms with E-state index in [2.05, 4.69) is 10.6 Å². The van der Waals surface area contributed by atoms with Gasteiger partial charge in [-0.1, -0.05) is 12.2 Å². The Hall–Kier alpha value is -3.54. The minimum absolute atomic E-state index is 0.181. The lowest BCUT2D eigenvalue weighted by atomic mass is 10.2. The number of thiocarbonyl (C=S) groups is 1. The Bertz CT molecular complexity index is 994. The number of amides is 2. The highest BCUT2D eigenvalue weighted by Crippen LogP contribution is 2.26. The second-order valence-electron chi connectivity index (χ2n) is 6.07. The molecule has 1 unspecified atom stereocenters. The average molecular weight is 422 g/mol. The van der Waals surface area contributed by atoms with Crippen LogP contribution in [-0.4, -0.2) is 41.1 Å². The third-order valence-corrected chi connectivity index (χ3v) is 4.11. The lowest BCUT2D eigenvalue weighted by Gasteiger charge is -2.14. The van der Waals surface area contributed by atoms with Crippen molar-refractivity contribution < 1.29 is 28.1 Å². The van der Waals surface area contributed by atoms with Crippen LogP contribution in [0, 0.1) is 15.9 Å². The van der Waals surface area contributed by atoms with Crippen molar-refractivity contribution in [1.82, 2.24) is 5.32 Å². The number of ether oxygens (including phenoxy) is 1. The molecule has 2 aromatic rings. The van der Waals surface area contributed by atoms with Crippen LogP contribution in [0.2, 0.25) is 0 Å². The molecule has 1 fully saturated rings. The zero-order chi connectivity index (χ0) is 21.1. The number of hydrogen-bond acceptors (Lipinski definition) is 7. The number of rotatable bonds is 6. The minimum Gasteiger partial charge on any atom is -0.442 e. The number of nitrogens with zero attached hydrogens (tertiary/aromatic N) is 2. The summed E-state index contributed by atoms with van der Waals surface area (Å²) in [4.78, 5) is 35.7. The molecule has 1 aliphatic rings. The molecule has 3 rings (SSSR count). The summed E-state index contributed by atoms with van der Waals surface area (Å²) >= 11 is 4.91. The predicted molar refractivity (Wildman–Crippen MR) is 104 cm³/mol. The van der Waals surface area contributed by atoms with Crippen LogP contribution in [-0.2, 0) is 4.74 Å². The van der Waals surface area contributed by atoms with E-state index in [0.29, 0.717) is 11.5 Å². The summed E-state index contributed by atoms with van der Waals surface area (Å²) in [6, 6.07) is 5.90. The summed E-state index contributed by atoms with van der Waals surface area (Å²) < 4.78 is 24.4. The molecule has 1 atom stereocenters. The minimum atomic E-state index is -0.855. The summed E-state index contributed by atoms with van der Waals surface area (Å²) in [7, 11) is 0. The maximum Gasteiger partial charge on any atom is 0.433 e. The monoisotopic (exact) mass is 422 g/mol. The number of furan rings is 1. The van der Waals surface area contributed by atoms with Gasteiger partial charge in [-0.15, -0.1) is 0 Å². The van der Waals surface area contributed by atoms with Crippen molar-refractivity contribution in [2.24, 2.45) is 0 Å². The Morgan fingerprint density at radius 3 is 2.79 bits per heavy atom. The number of anilines is 2. The third-order valence-electron chi connectivity index (χ3n) is 3.96. The second kappa shape index (κ2) is 8.22. The van der Waals surface area contributed by atoms with E-state index < -0.39 is 34.7 Å². The van der Waals surface area contributed by atoms with Crippen LogP contribution in [0.3, 0.4) is 0 Å². The van der Waals surface area contributed by atoms with Crippen molar-refractivity contribution in [3.63, 3.8) is 0 Å². The van der Waals surface area contributed by atoms with Crippen LogP contribution >= 0.6 is 12.2 Å². The van der Waals surface area contributed by atoms with E-state index in [1.165, 1.54) is 17.0 Å². The van der Waals surface area contributed by atoms with Crippen molar-refractivity contribution >= 4 is 46.5 Å². The summed E-state index contributed by atoms with van der Waals surface area (Å²) in [6.45, 7) is 2.24. The second-order valence-corrected chi connectivity index (χ2v) is 6.68. The molecule has 12 heteroatoms. The number of benzene rings is 1. The maximum atomic E-state index is 14.4. The number of cyclic esters (lactones) is 1. The Morgan fingerprint density at radius 2 is 2.17 bits per heavy atom. The lowest BCUT2D eigenvalue weighted by molar-refractivity contribution is -0.402. The molecule has 29 heavy (non-hydrogen) atoms. The Kier molecular flexibility index (Phi) is 5.73. The molecule has 152 valence electrons. The van der Waals surface area contributed by atoms with Crippen molar-refractivity contribution in [2.45, 2.75) is 13.0 Å². The van der Waals surface area contributed by atoms with Crippen LogP contribution in [0.1, 0.15) is 17.5 Å². The molecular formula is C17H15FN4O6S. The van der Waals surface area contributed by atoms with E-state index in [4.69, 9.17) is 21.4 Å². The first-order chi connectivity index (χ1) is 13.7. The molecule has 1 aromatic carbocycles. The quantitative estimate of drug-likeness (QED) is 0.413. The highest BCUT2D eigenvalue weighted by atomic mass is 32.1. The molecule has 0 saturated carbocycles. The topological polar surface area (TPSA) is 127 Å². The molecule has 10 nitrogen and oxygen atoms in total. The van der Waals surface area contributed by atoms with Crippen LogP contribution in [0.25, 0.3) is 0 Å². The van der Waals surface area contributed by atoms with E-state index >= 15 is 0 Å². The van der Waals surface area contributed by atoms with Crippen molar-refractivity contribution in [3.8, 4) is 0 Å². The summed E-state index contributed by atoms with van der Waals surface area (Å²) in [5.74, 6) is -2.60. The molecular weight excluding hydrogens is 407 g/mol. The Morgan fingerprint density at radius 1 is 1.41 bits per heavy atom. The molecule has 0 bridgehead atoms. The molecule has 1 aliphatic heterocycles. The van der Waals surface area contributed by atoms with Gasteiger partial charge in [0.2, 0.25) is 0 Å². The fourth-order valence-corrected chi connectivity index (χ4v) is 2.68. The highest BCUT2D eigenvalue weighted by molar-refractivity contribution is 7.80. The van der Waals surface area contributed by atoms with E-state index in [1.54, 1.807) is 6.92 Å². The van der Waals surface area contributed by atoms with Crippen LogP contribution in [0.15, 0.2) is 34.7 Å². The van der Waals surface area contributed by atoms with E-state index in [-0.39, 0.29) is 23.7 Å². The van der Waals surface area contributed by atoms with E-state index in [0.717, 1.165) is 18.2 Å². The molecule has 0 aliphatic carbocycles. The standard InChI is InChI=1S/C17H15FN4O6S/c1-9(29)19-7-11-8-21(17(24)27-11)10-2-3-13(12(18)6-10)20-16(23)14-4-5-15(28-14)22(25)26/h2-6,11H,7-8H2,1H3,(H,19,29)(H,20,23). The molecule has 2 heterocycles. The number of nitro groups is 1. The third kappa shape index (κ3) is 4.66. The Balaban J connectivity index is 1.68. The zero-order valence-electron chi connectivity index (χ0n) is 15.0. The van der Waals surface area contributed by atoms with Gasteiger partial charge in [-0.25, -0.2) is 9.18 Å². The van der Waals surface area contributed by atoms with Gasteiger partial charge in [0.25, 0.3) is 5.91 Å². The molecule has 0 spiro atoms. The first kappa shape index (κ1) is 20.2. The van der Waals surface area contributed by atoms with Gasteiger partial charge in [0.1, 0.15) is 16.8 Å². The van der Waals surface area contributed by atoms with Crippen LogP contribution < -0.4 is 15.5 Å². The van der Waals surface area contributed by atoms with Gasteiger partial charge in [-0.3, -0.25) is 19.8 Å². The van der Waals surface area contributed by atoms with Gasteiger partial charge in [0, 0.05) is 0 Å². The van der Waals surface area contributed by atoms with Crippen LogP contribution in [0.4, 0.5) is 26.4 Å². The van der Waals surface area contributed by atoms with Crippen molar-refractivity contribution in [1.29, 1.82) is 0 Å². The smallest absolute Gasteiger partial charge is 0.433 e. The van der Waals surface area contributed by atoms with Gasteiger partial charge < -0.3 is 19.8 Å². The number of halogens is 1. The first-order valence-electron chi connectivity index (χ1n) is 8.32. The van der Waals surface area contributed by atoms with Gasteiger partial charge in [-0.05, 0) is 31.2 Å². The van der Waals surface area contributed by atoms with E-state index in [9.17, 15) is 24.1 Å². The lowest BCUT2D eigenvalue weighted by Crippen LogP contribution is -2.32. The zero-order valence-corrected chi connectivity index (χ0v) is 15.8. The number of hydrogen-bond donors (Lipinski definition) is 2. The SMILES string of the molecule is CC(=S)NCC1CN(c2ccc(NC(=O)c3ccc([N+](=O)[O-])o3)c(F)c2)C(=O)O1. The molecule has 1 saturated heterocycles. The van der Waals surface area contributed by atoms with Gasteiger partial charge in [0.05, 0.1) is 35.5 Å². The summed E-state index contributed by atoms with van der Waals surface area (Å²) in [5.41, 5.74) is 0.0700. The van der Waals surface area contributed by atoms with Gasteiger partial charge in [-0.2, -0.15) is 0 Å². The summed E-state index contributed by atoms with van der Waals surface area (Å²) in [5, 5.41) is 15.8. The number of carbonyl (C=O) groups is 2. The number of carbonyl (C=O) groups excluding carboxylic acids is 2. The van der Waals surface area contributed by atoms with Crippen LogP contribution in [0.5, 0.6) is 0 Å². The Labute approximate surface area is 168 Å². The summed E-state index contributed by atoms with van der Waals surface area (Å²) in [6.07, 6.45) is -1.07.